The molecule has 25 heavy (non-hydrogen) atoms. The molecule has 0 aliphatic rings. The molecule has 1 unspecified atom stereocenters. The van der Waals surface area contributed by atoms with Gasteiger partial charge < -0.3 is 15.4 Å². The molecular weight excluding hydrogens is 342 g/mol. The summed E-state index contributed by atoms with van der Waals surface area (Å²) >= 11 is 5.99. The van der Waals surface area contributed by atoms with Gasteiger partial charge in [0.25, 0.3) is 5.91 Å². The highest BCUT2D eigenvalue weighted by Gasteiger charge is 2.18. The van der Waals surface area contributed by atoms with Crippen molar-refractivity contribution in [1.82, 2.24) is 15.6 Å². The first-order chi connectivity index (χ1) is 12.0. The maximum absolute atomic E-state index is 12.2. The molecule has 0 fully saturated rings. The van der Waals surface area contributed by atoms with Crippen LogP contribution in [0.15, 0.2) is 42.6 Å². The number of nitrogens with one attached hydrogen (secondary N) is 2. The number of ether oxygens (including phenoxy) is 1. The number of carbonyl (C=O) groups excluding carboxylic acids is 2. The first kappa shape index (κ1) is 18.7. The fourth-order valence-corrected chi connectivity index (χ4v) is 2.37. The molecule has 0 spiro atoms. The molecule has 2 amide bonds. The van der Waals surface area contributed by atoms with Crippen molar-refractivity contribution in [2.45, 2.75) is 26.4 Å². The largest absolute Gasteiger partial charge is 0.478 e. The van der Waals surface area contributed by atoms with Crippen LogP contribution in [0.3, 0.4) is 0 Å². The normalized spacial score (nSPS) is 11.5. The van der Waals surface area contributed by atoms with E-state index in [1.54, 1.807) is 43.5 Å². The number of benzene rings is 1. The van der Waals surface area contributed by atoms with Gasteiger partial charge in [-0.3, -0.25) is 9.59 Å². The summed E-state index contributed by atoms with van der Waals surface area (Å²) in [5.41, 5.74) is 1.09. The monoisotopic (exact) mass is 361 g/mol. The van der Waals surface area contributed by atoms with Gasteiger partial charge in [0.05, 0.1) is 17.2 Å². The smallest absolute Gasteiger partial charge is 0.253 e. The second kappa shape index (κ2) is 9.03. The zero-order valence-electron chi connectivity index (χ0n) is 14.1. The molecule has 2 aromatic rings. The minimum atomic E-state index is -0.712. The van der Waals surface area contributed by atoms with Crippen LogP contribution in [0, 0.1) is 0 Å². The second-order valence-electron chi connectivity index (χ2n) is 5.29. The van der Waals surface area contributed by atoms with Crippen LogP contribution < -0.4 is 15.4 Å². The third-order valence-corrected chi connectivity index (χ3v) is 3.77. The Kier molecular flexibility index (Phi) is 6.77. The average molecular weight is 362 g/mol. The molecule has 7 heteroatoms. The molecule has 0 aliphatic heterocycles. The van der Waals surface area contributed by atoms with Gasteiger partial charge in [-0.1, -0.05) is 29.8 Å². The summed E-state index contributed by atoms with van der Waals surface area (Å²) in [5, 5.41) is 5.73. The first-order valence-corrected chi connectivity index (χ1v) is 8.30. The summed E-state index contributed by atoms with van der Waals surface area (Å²) in [6.45, 7) is 4.22. The molecular formula is C18H20ClN3O3. The molecule has 132 valence electrons. The number of halogens is 1. The minimum absolute atomic E-state index is 0.258. The van der Waals surface area contributed by atoms with Crippen molar-refractivity contribution in [2.75, 3.05) is 6.61 Å². The van der Waals surface area contributed by atoms with Gasteiger partial charge >= 0.3 is 0 Å². The summed E-state index contributed by atoms with van der Waals surface area (Å²) < 4.78 is 5.42. The Bertz CT molecular complexity index is 752. The van der Waals surface area contributed by atoms with E-state index in [0.717, 1.165) is 5.56 Å². The number of pyridine rings is 1. The van der Waals surface area contributed by atoms with E-state index in [4.69, 9.17) is 16.3 Å². The molecule has 0 radical (unpaired) electrons. The summed E-state index contributed by atoms with van der Waals surface area (Å²) in [7, 11) is 0. The van der Waals surface area contributed by atoms with E-state index in [1.165, 1.54) is 0 Å². The maximum atomic E-state index is 12.2. The van der Waals surface area contributed by atoms with Crippen LogP contribution in [0.1, 0.15) is 29.8 Å². The number of aromatic nitrogens is 1. The molecule has 0 saturated carbocycles. The predicted octanol–water partition coefficient (Wildman–Crippen LogP) is 2.57. The Morgan fingerprint density at radius 2 is 2.00 bits per heavy atom. The SMILES string of the molecule is CCOc1ncccc1CNC(=O)C(C)NC(=O)c1ccccc1Cl. The predicted molar refractivity (Wildman–Crippen MR) is 95.6 cm³/mol. The fourth-order valence-electron chi connectivity index (χ4n) is 2.15. The Hall–Kier alpha value is -2.60. The molecule has 1 aromatic heterocycles. The molecule has 1 atom stereocenters. The molecule has 0 aliphatic carbocycles. The van der Waals surface area contributed by atoms with Crippen LogP contribution in [0.4, 0.5) is 0 Å². The lowest BCUT2D eigenvalue weighted by Crippen LogP contribution is -2.44. The lowest BCUT2D eigenvalue weighted by atomic mass is 10.2. The van der Waals surface area contributed by atoms with E-state index < -0.39 is 11.9 Å². The van der Waals surface area contributed by atoms with Gasteiger partial charge in [-0.2, -0.15) is 0 Å². The number of amides is 2. The van der Waals surface area contributed by atoms with Crippen molar-refractivity contribution in [1.29, 1.82) is 0 Å². The Morgan fingerprint density at radius 1 is 1.24 bits per heavy atom. The Morgan fingerprint density at radius 3 is 2.72 bits per heavy atom. The number of nitrogens with zero attached hydrogens (tertiary/aromatic N) is 1. The molecule has 2 N–H and O–H groups in total. The summed E-state index contributed by atoms with van der Waals surface area (Å²) in [6, 6.07) is 9.56. The van der Waals surface area contributed by atoms with Gasteiger partial charge in [-0.25, -0.2) is 4.98 Å². The molecule has 1 heterocycles. The molecule has 2 rings (SSSR count). The maximum Gasteiger partial charge on any atom is 0.253 e. The second-order valence-corrected chi connectivity index (χ2v) is 5.70. The van der Waals surface area contributed by atoms with Crippen LogP contribution in [-0.2, 0) is 11.3 Å². The van der Waals surface area contributed by atoms with E-state index >= 15 is 0 Å². The van der Waals surface area contributed by atoms with Gasteiger partial charge in [0.2, 0.25) is 11.8 Å². The third-order valence-electron chi connectivity index (χ3n) is 3.44. The molecule has 0 bridgehead atoms. The molecule has 6 nitrogen and oxygen atoms in total. The van der Waals surface area contributed by atoms with E-state index in [9.17, 15) is 9.59 Å². The first-order valence-electron chi connectivity index (χ1n) is 7.92. The lowest BCUT2D eigenvalue weighted by Gasteiger charge is -2.15. The third kappa shape index (κ3) is 5.19. The number of carbonyl (C=O) groups is 2. The van der Waals surface area contributed by atoms with Crippen LogP contribution >= 0.6 is 11.6 Å². The van der Waals surface area contributed by atoms with Crippen LogP contribution in [0.25, 0.3) is 0 Å². The van der Waals surface area contributed by atoms with Crippen LogP contribution in [0.5, 0.6) is 5.88 Å². The van der Waals surface area contributed by atoms with E-state index in [0.29, 0.717) is 23.1 Å². The van der Waals surface area contributed by atoms with Gasteiger partial charge in [0.1, 0.15) is 6.04 Å². The number of hydrogen-bond donors (Lipinski definition) is 2. The van der Waals surface area contributed by atoms with E-state index in [-0.39, 0.29) is 12.5 Å². The average Bonchev–Trinajstić information content (AvgIpc) is 2.61. The summed E-state index contributed by atoms with van der Waals surface area (Å²) in [4.78, 5) is 28.5. The Balaban J connectivity index is 1.93. The van der Waals surface area contributed by atoms with Crippen molar-refractivity contribution >= 4 is 23.4 Å². The topological polar surface area (TPSA) is 80.3 Å². The van der Waals surface area contributed by atoms with Crippen molar-refractivity contribution in [2.24, 2.45) is 0 Å². The zero-order valence-corrected chi connectivity index (χ0v) is 14.8. The van der Waals surface area contributed by atoms with Gasteiger partial charge in [-0.15, -0.1) is 0 Å². The molecule has 1 aromatic carbocycles. The van der Waals surface area contributed by atoms with E-state index in [2.05, 4.69) is 15.6 Å². The lowest BCUT2D eigenvalue weighted by molar-refractivity contribution is -0.122. The quantitative estimate of drug-likeness (QED) is 0.794. The minimum Gasteiger partial charge on any atom is -0.478 e. The van der Waals surface area contributed by atoms with Crippen molar-refractivity contribution in [3.8, 4) is 5.88 Å². The van der Waals surface area contributed by atoms with Crippen molar-refractivity contribution in [3.05, 3.63) is 58.7 Å². The van der Waals surface area contributed by atoms with Crippen LogP contribution in [0.2, 0.25) is 5.02 Å². The van der Waals surface area contributed by atoms with Gasteiger partial charge in [0, 0.05) is 18.3 Å². The van der Waals surface area contributed by atoms with Crippen molar-refractivity contribution < 1.29 is 14.3 Å². The Labute approximate surface area is 151 Å². The zero-order chi connectivity index (χ0) is 18.2. The van der Waals surface area contributed by atoms with Crippen molar-refractivity contribution in [3.63, 3.8) is 0 Å². The summed E-state index contributed by atoms with van der Waals surface area (Å²) in [6.07, 6.45) is 1.63. The number of rotatable bonds is 7. The van der Waals surface area contributed by atoms with Crippen LogP contribution in [-0.4, -0.2) is 29.4 Å². The highest BCUT2D eigenvalue weighted by molar-refractivity contribution is 6.33. The van der Waals surface area contributed by atoms with E-state index in [1.807, 2.05) is 13.0 Å². The summed E-state index contributed by atoms with van der Waals surface area (Å²) in [5.74, 6) is -0.227. The van der Waals surface area contributed by atoms with Gasteiger partial charge in [0.15, 0.2) is 0 Å². The standard InChI is InChI=1S/C18H20ClN3O3/c1-3-25-18-13(7-6-10-20-18)11-21-16(23)12(2)22-17(24)14-8-4-5-9-15(14)19/h4-10,12H,3,11H2,1-2H3,(H,21,23)(H,22,24). The van der Waals surface area contributed by atoms with Gasteiger partial charge in [-0.05, 0) is 32.0 Å². The highest BCUT2D eigenvalue weighted by Crippen LogP contribution is 2.15. The molecule has 0 saturated heterocycles. The number of hydrogen-bond acceptors (Lipinski definition) is 4. The fraction of sp³-hybridized carbons (Fsp3) is 0.278. The highest BCUT2D eigenvalue weighted by atomic mass is 35.5.